The molecule has 0 N–H and O–H groups in total. The van der Waals surface area contributed by atoms with E-state index in [-0.39, 0.29) is 0 Å². The second-order valence-corrected chi connectivity index (χ2v) is 5.50. The second-order valence-electron chi connectivity index (χ2n) is 5.50. The average Bonchev–Trinajstić information content (AvgIpc) is 2.25. The van der Waals surface area contributed by atoms with E-state index in [1.54, 1.807) is 0 Å². The maximum Gasteiger partial charge on any atom is -0.0282 e. The van der Waals surface area contributed by atoms with Crippen molar-refractivity contribution in [3.8, 4) is 0 Å². The van der Waals surface area contributed by atoms with Gasteiger partial charge in [0.25, 0.3) is 0 Å². The van der Waals surface area contributed by atoms with Crippen molar-refractivity contribution >= 4 is 0 Å². The van der Waals surface area contributed by atoms with Crippen molar-refractivity contribution < 1.29 is 0 Å². The Hall–Kier alpha value is -0.780. The molecule has 0 aliphatic heterocycles. The van der Waals surface area contributed by atoms with E-state index in [0.29, 0.717) is 0 Å². The summed E-state index contributed by atoms with van der Waals surface area (Å²) < 4.78 is 0. The predicted molar refractivity (Wildman–Crippen MR) is 73.5 cm³/mol. The van der Waals surface area contributed by atoms with Gasteiger partial charge >= 0.3 is 0 Å². The Bertz CT molecular complexity index is 262. The highest BCUT2D eigenvalue weighted by molar-refractivity contribution is 5.22. The Kier molecular flexibility index (Phi) is 5.59. The quantitative estimate of drug-likeness (QED) is 0.551. The largest absolute Gasteiger partial charge is 0.0961 e. The summed E-state index contributed by atoms with van der Waals surface area (Å²) in [6, 6.07) is 0. The minimum Gasteiger partial charge on any atom is -0.0961 e. The molecule has 0 aromatic heterocycles. The normalized spacial score (nSPS) is 25.9. The minimum absolute atomic E-state index is 0.950. The molecule has 0 aromatic rings. The third kappa shape index (κ3) is 5.34. The van der Waals surface area contributed by atoms with Gasteiger partial charge in [-0.2, -0.15) is 0 Å². The van der Waals surface area contributed by atoms with Crippen LogP contribution in [0.4, 0.5) is 0 Å². The fourth-order valence-electron chi connectivity index (χ4n) is 2.35. The molecule has 0 atom stereocenters. The van der Waals surface area contributed by atoms with Gasteiger partial charge in [-0.3, -0.25) is 0 Å². The number of rotatable bonds is 5. The van der Waals surface area contributed by atoms with Gasteiger partial charge in [0.05, 0.1) is 0 Å². The molecule has 0 aromatic carbocycles. The number of allylic oxidation sites excluding steroid dienone is 4. The molecule has 90 valence electrons. The molecule has 0 heteroatoms. The van der Waals surface area contributed by atoms with Crippen molar-refractivity contribution in [3.05, 3.63) is 36.5 Å². The Morgan fingerprint density at radius 1 is 1.12 bits per heavy atom. The van der Waals surface area contributed by atoms with Gasteiger partial charge in [0.1, 0.15) is 0 Å². The van der Waals surface area contributed by atoms with Gasteiger partial charge in [0, 0.05) is 0 Å². The topological polar surface area (TPSA) is 0 Å². The van der Waals surface area contributed by atoms with Crippen LogP contribution in [0.3, 0.4) is 0 Å². The molecule has 0 heterocycles. The first-order valence-electron chi connectivity index (χ1n) is 6.59. The lowest BCUT2D eigenvalue weighted by molar-refractivity contribution is 0.278. The Morgan fingerprint density at radius 2 is 1.75 bits per heavy atom. The highest BCUT2D eigenvalue weighted by atomic mass is 14.2. The summed E-state index contributed by atoms with van der Waals surface area (Å²) in [7, 11) is 0. The Balaban J connectivity index is 2.19. The van der Waals surface area contributed by atoms with E-state index >= 15 is 0 Å². The zero-order valence-corrected chi connectivity index (χ0v) is 11.0. The predicted octanol–water partition coefficient (Wildman–Crippen LogP) is 5.28. The van der Waals surface area contributed by atoms with Crippen molar-refractivity contribution in [3.63, 3.8) is 0 Å². The van der Waals surface area contributed by atoms with Gasteiger partial charge in [0.15, 0.2) is 0 Å². The van der Waals surface area contributed by atoms with Gasteiger partial charge in [-0.15, -0.1) is 0 Å². The van der Waals surface area contributed by atoms with E-state index in [0.717, 1.165) is 23.8 Å². The summed E-state index contributed by atoms with van der Waals surface area (Å²) in [6.07, 6.45) is 12.4. The van der Waals surface area contributed by atoms with Crippen LogP contribution in [-0.2, 0) is 0 Å². The lowest BCUT2D eigenvalue weighted by Crippen LogP contribution is -2.12. The SMILES string of the molecule is C=C(C)/C=C\C(=C)CCC1CCC(C)CC1. The van der Waals surface area contributed by atoms with E-state index in [4.69, 9.17) is 0 Å². The molecule has 1 fully saturated rings. The van der Waals surface area contributed by atoms with Crippen LogP contribution in [0, 0.1) is 11.8 Å². The monoisotopic (exact) mass is 218 g/mol. The Labute approximate surface area is 101 Å². The van der Waals surface area contributed by atoms with E-state index in [9.17, 15) is 0 Å². The van der Waals surface area contributed by atoms with Crippen LogP contribution in [0.1, 0.15) is 52.4 Å². The van der Waals surface area contributed by atoms with E-state index in [1.165, 1.54) is 37.7 Å². The van der Waals surface area contributed by atoms with Crippen molar-refractivity contribution in [2.24, 2.45) is 11.8 Å². The molecule has 1 saturated carbocycles. The van der Waals surface area contributed by atoms with Gasteiger partial charge in [-0.1, -0.05) is 69.1 Å². The summed E-state index contributed by atoms with van der Waals surface area (Å²) in [5, 5.41) is 0. The zero-order valence-electron chi connectivity index (χ0n) is 11.0. The molecule has 0 bridgehead atoms. The standard InChI is InChI=1S/C16H26/c1-13(2)5-6-14(3)7-10-16-11-8-15(4)9-12-16/h5-6,15-16H,1,3,7-12H2,2,4H3/b6-5-. The lowest BCUT2D eigenvalue weighted by atomic mass is 9.80. The second kappa shape index (κ2) is 6.73. The number of hydrogen-bond acceptors (Lipinski definition) is 0. The van der Waals surface area contributed by atoms with E-state index in [2.05, 4.69) is 32.2 Å². The van der Waals surface area contributed by atoms with Crippen molar-refractivity contribution in [2.75, 3.05) is 0 Å². The maximum absolute atomic E-state index is 4.10. The van der Waals surface area contributed by atoms with E-state index < -0.39 is 0 Å². The molecule has 0 saturated heterocycles. The smallest absolute Gasteiger partial charge is 0.0282 e. The first-order chi connectivity index (χ1) is 7.58. The van der Waals surface area contributed by atoms with Crippen LogP contribution in [0.2, 0.25) is 0 Å². The average molecular weight is 218 g/mol. The first kappa shape index (κ1) is 13.3. The summed E-state index contributed by atoms with van der Waals surface area (Å²) in [5.74, 6) is 1.91. The van der Waals surface area contributed by atoms with Gasteiger partial charge in [-0.25, -0.2) is 0 Å². The molecule has 16 heavy (non-hydrogen) atoms. The molecule has 1 aliphatic carbocycles. The highest BCUT2D eigenvalue weighted by Gasteiger charge is 2.17. The van der Waals surface area contributed by atoms with Gasteiger partial charge in [-0.05, 0) is 31.6 Å². The number of hydrogen-bond donors (Lipinski definition) is 0. The fourth-order valence-corrected chi connectivity index (χ4v) is 2.35. The molecule has 0 nitrogen and oxygen atoms in total. The van der Waals surface area contributed by atoms with Crippen molar-refractivity contribution in [2.45, 2.75) is 52.4 Å². The molecule has 0 unspecified atom stereocenters. The van der Waals surface area contributed by atoms with Gasteiger partial charge in [0.2, 0.25) is 0 Å². The molecular formula is C16H26. The Morgan fingerprint density at radius 3 is 2.31 bits per heavy atom. The van der Waals surface area contributed by atoms with E-state index in [1.807, 2.05) is 6.92 Å². The molecule has 1 rings (SSSR count). The van der Waals surface area contributed by atoms with Crippen LogP contribution in [-0.4, -0.2) is 0 Å². The maximum atomic E-state index is 4.10. The van der Waals surface area contributed by atoms with Crippen LogP contribution in [0.25, 0.3) is 0 Å². The highest BCUT2D eigenvalue weighted by Crippen LogP contribution is 2.31. The molecule has 0 amide bonds. The molecule has 0 spiro atoms. The fraction of sp³-hybridized carbons (Fsp3) is 0.625. The van der Waals surface area contributed by atoms with Crippen LogP contribution in [0.5, 0.6) is 0 Å². The van der Waals surface area contributed by atoms with Crippen molar-refractivity contribution in [1.82, 2.24) is 0 Å². The van der Waals surface area contributed by atoms with Crippen LogP contribution in [0.15, 0.2) is 36.5 Å². The first-order valence-corrected chi connectivity index (χ1v) is 6.59. The third-order valence-electron chi connectivity index (χ3n) is 3.61. The summed E-state index contributed by atoms with van der Waals surface area (Å²) in [6.45, 7) is 12.4. The van der Waals surface area contributed by atoms with Crippen LogP contribution < -0.4 is 0 Å². The molecule has 0 radical (unpaired) electrons. The van der Waals surface area contributed by atoms with Crippen LogP contribution >= 0.6 is 0 Å². The molecule has 1 aliphatic rings. The lowest BCUT2D eigenvalue weighted by Gasteiger charge is -2.26. The van der Waals surface area contributed by atoms with Crippen molar-refractivity contribution in [1.29, 1.82) is 0 Å². The minimum atomic E-state index is 0.950. The third-order valence-corrected chi connectivity index (χ3v) is 3.61. The molecular weight excluding hydrogens is 192 g/mol. The zero-order chi connectivity index (χ0) is 12.0. The summed E-state index contributed by atoms with van der Waals surface area (Å²) >= 11 is 0. The van der Waals surface area contributed by atoms with Gasteiger partial charge < -0.3 is 0 Å². The summed E-state index contributed by atoms with van der Waals surface area (Å²) in [4.78, 5) is 0. The summed E-state index contributed by atoms with van der Waals surface area (Å²) in [5.41, 5.74) is 2.36.